The van der Waals surface area contributed by atoms with Gasteiger partial charge in [-0.3, -0.25) is 0 Å². The van der Waals surface area contributed by atoms with Crippen molar-refractivity contribution >= 4 is 12.4 Å². The molecule has 0 aliphatic heterocycles. The summed E-state index contributed by atoms with van der Waals surface area (Å²) in [6.07, 6.45) is 0.994. The molecule has 0 saturated heterocycles. The molecule has 0 saturated carbocycles. The average molecular weight is 379 g/mol. The van der Waals surface area contributed by atoms with Crippen molar-refractivity contribution in [3.63, 3.8) is 0 Å². The molecular formula is C20H24ClFN2O2. The monoisotopic (exact) mass is 378 g/mol. The highest BCUT2D eigenvalue weighted by molar-refractivity contribution is 5.85. The molecule has 0 spiro atoms. The molecule has 26 heavy (non-hydrogen) atoms. The number of rotatable bonds is 6. The molecule has 0 aliphatic carbocycles. The Labute approximate surface area is 159 Å². The molecule has 6 heteroatoms. The highest BCUT2D eigenvalue weighted by Crippen LogP contribution is 2.41. The van der Waals surface area contributed by atoms with E-state index in [4.69, 9.17) is 0 Å². The van der Waals surface area contributed by atoms with Gasteiger partial charge in [0, 0.05) is 5.56 Å². The van der Waals surface area contributed by atoms with Crippen LogP contribution >= 0.6 is 12.4 Å². The molecule has 2 N–H and O–H groups in total. The minimum absolute atomic E-state index is 0. The molecule has 2 aromatic rings. The molecule has 1 atom stereocenters. The Kier molecular flexibility index (Phi) is 7.58. The van der Waals surface area contributed by atoms with Crippen molar-refractivity contribution in [2.45, 2.75) is 25.4 Å². The first-order valence-corrected chi connectivity index (χ1v) is 8.16. The predicted molar refractivity (Wildman–Crippen MR) is 102 cm³/mol. The maximum atomic E-state index is 13.3. The Morgan fingerprint density at radius 3 is 2.31 bits per heavy atom. The van der Waals surface area contributed by atoms with Crippen LogP contribution in [-0.4, -0.2) is 35.8 Å². The number of aliphatic hydroxyl groups is 1. The van der Waals surface area contributed by atoms with Crippen LogP contribution in [0.2, 0.25) is 0 Å². The third kappa shape index (κ3) is 4.53. The van der Waals surface area contributed by atoms with E-state index in [1.165, 1.54) is 24.3 Å². The molecule has 0 fully saturated rings. The van der Waals surface area contributed by atoms with Gasteiger partial charge in [0.05, 0.1) is 5.56 Å². The molecule has 0 aromatic heterocycles. The van der Waals surface area contributed by atoms with E-state index < -0.39 is 11.4 Å². The summed E-state index contributed by atoms with van der Waals surface area (Å²) in [5, 5.41) is 31.3. The summed E-state index contributed by atoms with van der Waals surface area (Å²) < 4.78 is 13.3. The summed E-state index contributed by atoms with van der Waals surface area (Å²) in [5.74, 6) is -0.621. The molecule has 4 nitrogen and oxygen atoms in total. The van der Waals surface area contributed by atoms with E-state index in [2.05, 4.69) is 0 Å². The Bertz CT molecular complexity index is 788. The fourth-order valence-corrected chi connectivity index (χ4v) is 2.98. The van der Waals surface area contributed by atoms with E-state index in [1.54, 1.807) is 19.1 Å². The molecule has 2 aromatic carbocycles. The maximum absolute atomic E-state index is 13.3. The lowest BCUT2D eigenvalue weighted by molar-refractivity contribution is 0.0638. The zero-order chi connectivity index (χ0) is 18.6. The van der Waals surface area contributed by atoms with Gasteiger partial charge in [0.25, 0.3) is 0 Å². The highest BCUT2D eigenvalue weighted by Gasteiger charge is 2.35. The Hall–Kier alpha value is -2.13. The van der Waals surface area contributed by atoms with Crippen LogP contribution in [0.5, 0.6) is 5.75 Å². The smallest absolute Gasteiger partial charge is 0.140 e. The van der Waals surface area contributed by atoms with E-state index in [0.717, 1.165) is 6.54 Å². The molecular weight excluding hydrogens is 355 g/mol. The number of hydrogen-bond acceptors (Lipinski definition) is 4. The van der Waals surface area contributed by atoms with Gasteiger partial charge in [-0.1, -0.05) is 24.3 Å². The Morgan fingerprint density at radius 2 is 1.77 bits per heavy atom. The summed E-state index contributed by atoms with van der Waals surface area (Å²) >= 11 is 0. The topological polar surface area (TPSA) is 67.5 Å². The number of aromatic hydroxyl groups is 1. The zero-order valence-electron chi connectivity index (χ0n) is 15.2. The van der Waals surface area contributed by atoms with Crippen molar-refractivity contribution < 1.29 is 14.6 Å². The lowest BCUT2D eigenvalue weighted by atomic mass is 9.80. The molecule has 2 rings (SSSR count). The molecule has 0 radical (unpaired) electrons. The molecule has 1 unspecified atom stereocenters. The number of aryl methyl sites for hydroxylation is 1. The zero-order valence-corrected chi connectivity index (χ0v) is 16.0. The number of benzene rings is 2. The quantitative estimate of drug-likeness (QED) is 0.804. The van der Waals surface area contributed by atoms with Crippen LogP contribution in [0.15, 0.2) is 36.4 Å². The normalized spacial score (nSPS) is 13.0. The van der Waals surface area contributed by atoms with Gasteiger partial charge in [-0.05, 0) is 63.7 Å². The second kappa shape index (κ2) is 9.00. The summed E-state index contributed by atoms with van der Waals surface area (Å²) in [4.78, 5) is 2.00. The first kappa shape index (κ1) is 21.9. The van der Waals surface area contributed by atoms with E-state index in [1.807, 2.05) is 25.1 Å². The van der Waals surface area contributed by atoms with Crippen LogP contribution in [-0.2, 0) is 5.60 Å². The fourth-order valence-electron chi connectivity index (χ4n) is 2.98. The minimum Gasteiger partial charge on any atom is -0.506 e. The summed E-state index contributed by atoms with van der Waals surface area (Å²) in [5.41, 5.74) is 0.0208. The standard InChI is InChI=1S/C20H23FN2O2.ClH/c1-14-5-10-18(19(24)17(14)13-22)20(25,11-4-12-23(2)3)15-6-8-16(21)9-7-15;/h5-10,24-25H,4,11-12H2,1-3H3;1H. The van der Waals surface area contributed by atoms with Crippen molar-refractivity contribution in [1.82, 2.24) is 4.90 Å². The van der Waals surface area contributed by atoms with Crippen LogP contribution in [0.25, 0.3) is 0 Å². The van der Waals surface area contributed by atoms with Gasteiger partial charge < -0.3 is 15.1 Å². The first-order chi connectivity index (χ1) is 11.8. The molecule has 0 heterocycles. The van der Waals surface area contributed by atoms with Crippen LogP contribution in [0.4, 0.5) is 4.39 Å². The van der Waals surface area contributed by atoms with Gasteiger partial charge in [-0.15, -0.1) is 12.4 Å². The highest BCUT2D eigenvalue weighted by atomic mass is 35.5. The number of phenolic OH excluding ortho intramolecular Hbond substituents is 1. The van der Waals surface area contributed by atoms with Gasteiger partial charge in [0.1, 0.15) is 23.2 Å². The van der Waals surface area contributed by atoms with E-state index >= 15 is 0 Å². The Morgan fingerprint density at radius 1 is 1.15 bits per heavy atom. The van der Waals surface area contributed by atoms with Gasteiger partial charge in [-0.2, -0.15) is 5.26 Å². The van der Waals surface area contributed by atoms with Crippen LogP contribution in [0, 0.1) is 24.1 Å². The lowest BCUT2D eigenvalue weighted by Crippen LogP contribution is -2.29. The van der Waals surface area contributed by atoms with Crippen molar-refractivity contribution in [1.29, 1.82) is 5.26 Å². The number of halogens is 2. The van der Waals surface area contributed by atoms with E-state index in [0.29, 0.717) is 24.0 Å². The van der Waals surface area contributed by atoms with Crippen molar-refractivity contribution in [3.05, 3.63) is 64.5 Å². The van der Waals surface area contributed by atoms with Crippen LogP contribution < -0.4 is 0 Å². The largest absolute Gasteiger partial charge is 0.506 e. The third-order valence-corrected chi connectivity index (χ3v) is 4.41. The third-order valence-electron chi connectivity index (χ3n) is 4.41. The maximum Gasteiger partial charge on any atom is 0.140 e. The second-order valence-corrected chi connectivity index (χ2v) is 6.54. The van der Waals surface area contributed by atoms with Gasteiger partial charge >= 0.3 is 0 Å². The van der Waals surface area contributed by atoms with Crippen molar-refractivity contribution in [2.75, 3.05) is 20.6 Å². The number of phenols is 1. The van der Waals surface area contributed by atoms with Crippen molar-refractivity contribution in [2.24, 2.45) is 0 Å². The molecule has 140 valence electrons. The molecule has 0 bridgehead atoms. The number of hydrogen-bond donors (Lipinski definition) is 2. The van der Waals surface area contributed by atoms with Gasteiger partial charge in [-0.25, -0.2) is 4.39 Å². The fraction of sp³-hybridized carbons (Fsp3) is 0.350. The molecule has 0 aliphatic rings. The summed E-state index contributed by atoms with van der Waals surface area (Å²) in [6, 6.07) is 10.9. The van der Waals surface area contributed by atoms with Crippen LogP contribution in [0.1, 0.15) is 35.1 Å². The van der Waals surface area contributed by atoms with Gasteiger partial charge in [0.15, 0.2) is 0 Å². The van der Waals surface area contributed by atoms with E-state index in [9.17, 15) is 19.9 Å². The average Bonchev–Trinajstić information content (AvgIpc) is 2.55. The minimum atomic E-state index is -1.51. The second-order valence-electron chi connectivity index (χ2n) is 6.54. The number of nitriles is 1. The van der Waals surface area contributed by atoms with Crippen molar-refractivity contribution in [3.8, 4) is 11.8 Å². The summed E-state index contributed by atoms with van der Waals surface area (Å²) in [6.45, 7) is 2.48. The summed E-state index contributed by atoms with van der Waals surface area (Å²) in [7, 11) is 3.88. The lowest BCUT2D eigenvalue weighted by Gasteiger charge is -2.31. The first-order valence-electron chi connectivity index (χ1n) is 8.16. The SMILES string of the molecule is Cc1ccc(C(O)(CCCN(C)C)c2ccc(F)cc2)c(O)c1C#N.Cl. The van der Waals surface area contributed by atoms with Gasteiger partial charge in [0.2, 0.25) is 0 Å². The van der Waals surface area contributed by atoms with Crippen LogP contribution in [0.3, 0.4) is 0 Å². The Balaban J connectivity index is 0.00000338. The predicted octanol–water partition coefficient (Wildman–Crippen LogP) is 3.71. The number of nitrogens with zero attached hydrogens (tertiary/aromatic N) is 2. The molecule has 0 amide bonds. The van der Waals surface area contributed by atoms with E-state index in [-0.39, 0.29) is 29.3 Å².